The summed E-state index contributed by atoms with van der Waals surface area (Å²) in [5.41, 5.74) is 18.0. The summed E-state index contributed by atoms with van der Waals surface area (Å²) in [7, 11) is 0. The number of rotatable bonds is 10. The first kappa shape index (κ1) is 35.1. The Balaban J connectivity index is 1.27. The Bertz CT molecular complexity index is 2560. The predicted molar refractivity (Wildman–Crippen MR) is 238 cm³/mol. The molecule has 0 atom stereocenters. The SMILES string of the molecule is CCCc1ccc(-c2cc(-c3ccc(-c4ccccc4)cc3)c3ccc4c(-c5ccc(-c6ccccc6)cc5)cc(-c5ccc(CCC)cc5)nc4c3n2)cc1. The molecule has 56 heavy (non-hydrogen) atoms. The van der Waals surface area contributed by atoms with E-state index in [1.54, 1.807) is 0 Å². The van der Waals surface area contributed by atoms with E-state index >= 15 is 0 Å². The van der Waals surface area contributed by atoms with Gasteiger partial charge >= 0.3 is 0 Å². The quantitative estimate of drug-likeness (QED) is 0.131. The van der Waals surface area contributed by atoms with Gasteiger partial charge in [0.05, 0.1) is 22.4 Å². The van der Waals surface area contributed by atoms with E-state index in [-0.39, 0.29) is 0 Å². The van der Waals surface area contributed by atoms with Gasteiger partial charge in [-0.25, -0.2) is 9.97 Å². The Labute approximate surface area is 330 Å². The molecule has 0 aliphatic rings. The molecule has 0 saturated carbocycles. The molecule has 0 radical (unpaired) electrons. The maximum atomic E-state index is 5.50. The molecule has 270 valence electrons. The molecule has 0 fully saturated rings. The standard InChI is InChI=1S/C54H44N2/c1-3-11-37-17-21-45(22-18-37)51-35-49(43-29-25-41(26-30-43)39-13-7-5-8-14-39)47-33-34-48-50(44-31-27-42(28-32-44)40-15-9-6-10-16-40)36-52(56-54(48)53(47)55-51)46-23-19-38(12-4-2)20-24-46/h5-10,13-36H,3-4,11-12H2,1-2H3. The molecule has 0 saturated heterocycles. The van der Waals surface area contributed by atoms with Crippen molar-refractivity contribution in [3.63, 3.8) is 0 Å². The van der Waals surface area contributed by atoms with E-state index in [4.69, 9.17) is 9.97 Å². The molecular weight excluding hydrogens is 677 g/mol. The summed E-state index contributed by atoms with van der Waals surface area (Å²) in [5.74, 6) is 0. The van der Waals surface area contributed by atoms with Crippen LogP contribution in [0.4, 0.5) is 0 Å². The van der Waals surface area contributed by atoms with E-state index < -0.39 is 0 Å². The van der Waals surface area contributed by atoms with Gasteiger partial charge in [-0.15, -0.1) is 0 Å². The Morgan fingerprint density at radius 3 is 1.00 bits per heavy atom. The van der Waals surface area contributed by atoms with E-state index in [2.05, 4.69) is 196 Å². The van der Waals surface area contributed by atoms with Crippen LogP contribution in [0.25, 0.3) is 88.8 Å². The first-order valence-corrected chi connectivity index (χ1v) is 19.9. The van der Waals surface area contributed by atoms with Crippen molar-refractivity contribution in [2.45, 2.75) is 39.5 Å². The average Bonchev–Trinajstić information content (AvgIpc) is 3.27. The van der Waals surface area contributed by atoms with Gasteiger partial charge in [0, 0.05) is 21.9 Å². The molecule has 0 aliphatic carbocycles. The molecule has 0 N–H and O–H groups in total. The first-order valence-electron chi connectivity index (χ1n) is 19.9. The Morgan fingerprint density at radius 2 is 0.643 bits per heavy atom. The maximum Gasteiger partial charge on any atom is 0.0978 e. The summed E-state index contributed by atoms with van der Waals surface area (Å²) in [5, 5.41) is 2.18. The van der Waals surface area contributed by atoms with Crippen molar-refractivity contribution in [3.05, 3.63) is 193 Å². The molecule has 0 spiro atoms. The first-order chi connectivity index (χ1) is 27.6. The largest absolute Gasteiger partial charge is 0.245 e. The number of hydrogen-bond acceptors (Lipinski definition) is 2. The lowest BCUT2D eigenvalue weighted by Gasteiger charge is -2.16. The highest BCUT2D eigenvalue weighted by atomic mass is 14.8. The van der Waals surface area contributed by atoms with E-state index in [9.17, 15) is 0 Å². The Morgan fingerprint density at radius 1 is 0.321 bits per heavy atom. The Hall–Kier alpha value is -6.64. The van der Waals surface area contributed by atoms with Gasteiger partial charge < -0.3 is 0 Å². The third-order valence-electron chi connectivity index (χ3n) is 10.9. The van der Waals surface area contributed by atoms with Crippen LogP contribution in [0.15, 0.2) is 182 Å². The van der Waals surface area contributed by atoms with Crippen LogP contribution in [0.3, 0.4) is 0 Å². The highest BCUT2D eigenvalue weighted by Gasteiger charge is 2.18. The normalized spacial score (nSPS) is 11.3. The zero-order valence-corrected chi connectivity index (χ0v) is 32.0. The summed E-state index contributed by atoms with van der Waals surface area (Å²) in [6.45, 7) is 4.46. The monoisotopic (exact) mass is 720 g/mol. The summed E-state index contributed by atoms with van der Waals surface area (Å²) in [4.78, 5) is 11.0. The molecule has 0 amide bonds. The van der Waals surface area contributed by atoms with Gasteiger partial charge in [0.15, 0.2) is 0 Å². The van der Waals surface area contributed by atoms with Crippen LogP contribution in [-0.4, -0.2) is 9.97 Å². The van der Waals surface area contributed by atoms with Crippen molar-refractivity contribution >= 4 is 21.8 Å². The number of pyridine rings is 2. The lowest BCUT2D eigenvalue weighted by atomic mass is 9.92. The van der Waals surface area contributed by atoms with Crippen LogP contribution in [0.2, 0.25) is 0 Å². The minimum Gasteiger partial charge on any atom is -0.245 e. The fourth-order valence-electron chi connectivity index (χ4n) is 7.96. The average molecular weight is 721 g/mol. The maximum absolute atomic E-state index is 5.50. The van der Waals surface area contributed by atoms with Gasteiger partial charge in [0.1, 0.15) is 0 Å². The lowest BCUT2D eigenvalue weighted by Crippen LogP contribution is -1.96. The van der Waals surface area contributed by atoms with E-state index in [0.29, 0.717) is 0 Å². The second-order valence-corrected chi connectivity index (χ2v) is 14.7. The molecule has 9 aromatic rings. The highest BCUT2D eigenvalue weighted by Crippen LogP contribution is 2.40. The van der Waals surface area contributed by atoms with Gasteiger partial charge in [0.25, 0.3) is 0 Å². The van der Waals surface area contributed by atoms with Gasteiger partial charge in [-0.2, -0.15) is 0 Å². The van der Waals surface area contributed by atoms with Gasteiger partial charge in [-0.3, -0.25) is 0 Å². The van der Waals surface area contributed by atoms with Crippen LogP contribution < -0.4 is 0 Å². The fourth-order valence-corrected chi connectivity index (χ4v) is 7.96. The van der Waals surface area contributed by atoms with Crippen molar-refractivity contribution in [2.75, 3.05) is 0 Å². The lowest BCUT2D eigenvalue weighted by molar-refractivity contribution is 0.922. The number of aryl methyl sites for hydroxylation is 2. The summed E-state index contributed by atoms with van der Waals surface area (Å²) < 4.78 is 0. The minimum absolute atomic E-state index is 0.909. The fraction of sp³-hybridized carbons (Fsp3) is 0.111. The van der Waals surface area contributed by atoms with Gasteiger partial charge in [-0.05, 0) is 80.6 Å². The molecular formula is C54H44N2. The van der Waals surface area contributed by atoms with Crippen molar-refractivity contribution in [3.8, 4) is 67.0 Å². The van der Waals surface area contributed by atoms with Crippen molar-refractivity contribution in [1.82, 2.24) is 9.97 Å². The zero-order chi connectivity index (χ0) is 37.8. The molecule has 0 bridgehead atoms. The van der Waals surface area contributed by atoms with Crippen LogP contribution in [0, 0.1) is 0 Å². The molecule has 9 rings (SSSR count). The summed E-state index contributed by atoms with van der Waals surface area (Å²) in [6.07, 6.45) is 4.37. The Kier molecular flexibility index (Phi) is 9.78. The highest BCUT2D eigenvalue weighted by molar-refractivity contribution is 6.13. The third-order valence-corrected chi connectivity index (χ3v) is 10.9. The molecule has 2 nitrogen and oxygen atoms in total. The van der Waals surface area contributed by atoms with Crippen LogP contribution in [-0.2, 0) is 12.8 Å². The van der Waals surface area contributed by atoms with E-state index in [1.165, 1.54) is 33.4 Å². The molecule has 2 aromatic heterocycles. The third kappa shape index (κ3) is 7.03. The second-order valence-electron chi connectivity index (χ2n) is 14.7. The van der Waals surface area contributed by atoms with Crippen molar-refractivity contribution < 1.29 is 0 Å². The minimum atomic E-state index is 0.909. The number of hydrogen-bond donors (Lipinski definition) is 0. The molecule has 2 heterocycles. The van der Waals surface area contributed by atoms with E-state index in [0.717, 1.165) is 92.3 Å². The topological polar surface area (TPSA) is 25.8 Å². The van der Waals surface area contributed by atoms with Crippen molar-refractivity contribution in [1.29, 1.82) is 0 Å². The molecule has 0 unspecified atom stereocenters. The number of aromatic nitrogens is 2. The van der Waals surface area contributed by atoms with Crippen molar-refractivity contribution in [2.24, 2.45) is 0 Å². The van der Waals surface area contributed by atoms with Gasteiger partial charge in [-0.1, -0.05) is 197 Å². The summed E-state index contributed by atoms with van der Waals surface area (Å²) in [6, 6.07) is 66.0. The smallest absolute Gasteiger partial charge is 0.0978 e. The van der Waals surface area contributed by atoms with Crippen LogP contribution >= 0.6 is 0 Å². The zero-order valence-electron chi connectivity index (χ0n) is 32.0. The van der Waals surface area contributed by atoms with Crippen LogP contribution in [0.1, 0.15) is 37.8 Å². The molecule has 7 aromatic carbocycles. The number of benzene rings is 7. The number of fused-ring (bicyclic) bond motifs is 3. The summed E-state index contributed by atoms with van der Waals surface area (Å²) >= 11 is 0. The molecule has 0 aliphatic heterocycles. The van der Waals surface area contributed by atoms with Gasteiger partial charge in [0.2, 0.25) is 0 Å². The second kappa shape index (κ2) is 15.6. The predicted octanol–water partition coefficient (Wildman–Crippen LogP) is 14.7. The van der Waals surface area contributed by atoms with Crippen LogP contribution in [0.5, 0.6) is 0 Å². The van der Waals surface area contributed by atoms with E-state index in [1.807, 2.05) is 0 Å². The number of nitrogens with zero attached hydrogens (tertiary/aromatic N) is 2. The molecule has 2 heteroatoms.